The molecule has 2 aromatic rings. The maximum absolute atomic E-state index is 13.2. The molecule has 0 aliphatic carbocycles. The monoisotopic (exact) mass is 295 g/mol. The Morgan fingerprint density at radius 2 is 2.25 bits per heavy atom. The fourth-order valence-electron chi connectivity index (χ4n) is 1.48. The van der Waals surface area contributed by atoms with Gasteiger partial charge in [-0.25, -0.2) is 17.5 Å². The molecule has 1 heterocycles. The van der Waals surface area contributed by atoms with Crippen molar-refractivity contribution in [3.05, 3.63) is 41.3 Å². The molecule has 0 saturated carbocycles. The Labute approximate surface area is 114 Å². The van der Waals surface area contributed by atoms with Crippen molar-refractivity contribution in [3.8, 4) is 6.07 Å². The first kappa shape index (κ1) is 14.0. The van der Waals surface area contributed by atoms with Gasteiger partial charge in [0.05, 0.1) is 16.7 Å². The number of nitrogens with one attached hydrogen (secondary N) is 2. The van der Waals surface area contributed by atoms with Crippen LogP contribution in [-0.2, 0) is 16.6 Å². The molecule has 20 heavy (non-hydrogen) atoms. The molecular formula is C11H10FN5O2S. The molecule has 2 rings (SSSR count). The summed E-state index contributed by atoms with van der Waals surface area (Å²) in [5, 5.41) is 14.8. The van der Waals surface area contributed by atoms with E-state index in [4.69, 9.17) is 11.0 Å². The molecule has 0 bridgehead atoms. The van der Waals surface area contributed by atoms with Gasteiger partial charge >= 0.3 is 0 Å². The molecule has 7 nitrogen and oxygen atoms in total. The van der Waals surface area contributed by atoms with E-state index in [1.54, 1.807) is 6.07 Å². The van der Waals surface area contributed by atoms with Gasteiger partial charge in [-0.1, -0.05) is 0 Å². The van der Waals surface area contributed by atoms with Gasteiger partial charge in [0.2, 0.25) is 10.0 Å². The first-order valence-corrected chi connectivity index (χ1v) is 6.89. The van der Waals surface area contributed by atoms with Crippen LogP contribution in [0.3, 0.4) is 0 Å². The number of hydrogen-bond acceptors (Lipinski definition) is 5. The van der Waals surface area contributed by atoms with E-state index in [0.717, 1.165) is 18.2 Å². The molecular weight excluding hydrogens is 285 g/mol. The lowest BCUT2D eigenvalue weighted by Crippen LogP contribution is -2.23. The highest BCUT2D eigenvalue weighted by Gasteiger charge is 2.16. The summed E-state index contributed by atoms with van der Waals surface area (Å²) in [6.45, 7) is -0.0655. The number of H-pyrrole nitrogens is 1. The number of hydrogen-bond donors (Lipinski definition) is 3. The first-order chi connectivity index (χ1) is 9.44. The average molecular weight is 295 g/mol. The number of aromatic nitrogens is 2. The van der Waals surface area contributed by atoms with E-state index in [0.29, 0.717) is 5.56 Å². The topological polar surface area (TPSA) is 125 Å². The van der Waals surface area contributed by atoms with Crippen LogP contribution in [0.2, 0.25) is 0 Å². The lowest BCUT2D eigenvalue weighted by atomic mass is 10.2. The zero-order chi connectivity index (χ0) is 14.8. The highest BCUT2D eigenvalue weighted by atomic mass is 32.2. The first-order valence-electron chi connectivity index (χ1n) is 5.41. The third kappa shape index (κ3) is 2.76. The van der Waals surface area contributed by atoms with Crippen molar-refractivity contribution in [1.29, 1.82) is 5.26 Å². The summed E-state index contributed by atoms with van der Waals surface area (Å²) in [4.78, 5) is -0.197. The molecule has 0 spiro atoms. The van der Waals surface area contributed by atoms with Crippen molar-refractivity contribution in [2.45, 2.75) is 11.4 Å². The van der Waals surface area contributed by atoms with Crippen molar-refractivity contribution in [3.63, 3.8) is 0 Å². The zero-order valence-corrected chi connectivity index (χ0v) is 10.9. The summed E-state index contributed by atoms with van der Waals surface area (Å²) in [6.07, 6.45) is 1.39. The van der Waals surface area contributed by atoms with Crippen LogP contribution < -0.4 is 10.5 Å². The Morgan fingerprint density at radius 1 is 1.50 bits per heavy atom. The summed E-state index contributed by atoms with van der Waals surface area (Å²) in [7, 11) is -3.87. The fourth-order valence-corrected chi connectivity index (χ4v) is 2.51. The van der Waals surface area contributed by atoms with E-state index in [1.165, 1.54) is 6.20 Å². The molecule has 1 aromatic heterocycles. The van der Waals surface area contributed by atoms with Crippen LogP contribution in [-0.4, -0.2) is 18.6 Å². The minimum Gasteiger partial charge on any atom is -0.384 e. The Kier molecular flexibility index (Phi) is 3.69. The molecule has 0 unspecified atom stereocenters. The van der Waals surface area contributed by atoms with Gasteiger partial charge < -0.3 is 5.73 Å². The van der Waals surface area contributed by atoms with Crippen molar-refractivity contribution in [2.24, 2.45) is 0 Å². The maximum atomic E-state index is 13.2. The minimum absolute atomic E-state index is 0.0655. The van der Waals surface area contributed by atoms with E-state index < -0.39 is 15.8 Å². The molecule has 0 aliphatic heterocycles. The minimum atomic E-state index is -3.87. The predicted molar refractivity (Wildman–Crippen MR) is 68.1 cm³/mol. The third-order valence-electron chi connectivity index (χ3n) is 2.57. The number of nitrogens with two attached hydrogens (primary N) is 1. The van der Waals surface area contributed by atoms with Crippen LogP contribution in [0.25, 0.3) is 0 Å². The second-order valence-electron chi connectivity index (χ2n) is 3.89. The van der Waals surface area contributed by atoms with Crippen molar-refractivity contribution >= 4 is 15.8 Å². The van der Waals surface area contributed by atoms with Gasteiger partial charge in [0, 0.05) is 12.1 Å². The number of rotatable bonds is 4. The molecule has 0 radical (unpaired) electrons. The summed E-state index contributed by atoms with van der Waals surface area (Å²) in [5.41, 5.74) is 5.67. The lowest BCUT2D eigenvalue weighted by Gasteiger charge is -2.06. The summed E-state index contributed by atoms with van der Waals surface area (Å²) in [6, 6.07) is 4.56. The van der Waals surface area contributed by atoms with Gasteiger partial charge in [0.1, 0.15) is 17.7 Å². The number of nitrogen functional groups attached to an aromatic ring is 1. The van der Waals surface area contributed by atoms with Crippen molar-refractivity contribution < 1.29 is 12.8 Å². The Balaban J connectivity index is 2.23. The molecule has 9 heteroatoms. The second kappa shape index (κ2) is 5.28. The zero-order valence-electron chi connectivity index (χ0n) is 10.1. The number of halogens is 1. The normalized spacial score (nSPS) is 11.2. The average Bonchev–Trinajstić information content (AvgIpc) is 2.82. The standard InChI is InChI=1S/C11H10FN5O2S/c12-10-2-1-9(3-7(10)4-13)20(18,19)16-6-8-5-15-17-11(8)14/h1-3,5,16H,6H2,(H3,14,15,17). The van der Waals surface area contributed by atoms with Crippen LogP contribution in [0.5, 0.6) is 0 Å². The van der Waals surface area contributed by atoms with Crippen molar-refractivity contribution in [2.75, 3.05) is 5.73 Å². The molecule has 1 aromatic carbocycles. The number of aromatic amines is 1. The van der Waals surface area contributed by atoms with E-state index >= 15 is 0 Å². The van der Waals surface area contributed by atoms with Gasteiger partial charge in [-0.15, -0.1) is 0 Å². The Hall–Kier alpha value is -2.44. The number of nitriles is 1. The highest BCUT2D eigenvalue weighted by Crippen LogP contribution is 2.15. The van der Waals surface area contributed by atoms with E-state index in [2.05, 4.69) is 14.9 Å². The van der Waals surface area contributed by atoms with E-state index in [9.17, 15) is 12.8 Å². The number of benzene rings is 1. The summed E-state index contributed by atoms with van der Waals surface area (Å²) < 4.78 is 39.5. The van der Waals surface area contributed by atoms with Gasteiger partial charge in [-0.05, 0) is 18.2 Å². The molecule has 0 atom stereocenters. The van der Waals surface area contributed by atoms with Crippen LogP contribution in [0.1, 0.15) is 11.1 Å². The molecule has 104 valence electrons. The fraction of sp³-hybridized carbons (Fsp3) is 0.0909. The number of anilines is 1. The second-order valence-corrected chi connectivity index (χ2v) is 5.65. The van der Waals surface area contributed by atoms with Gasteiger partial charge in [0.15, 0.2) is 0 Å². The van der Waals surface area contributed by atoms with Crippen LogP contribution in [0, 0.1) is 17.1 Å². The quantitative estimate of drug-likeness (QED) is 0.756. The summed E-state index contributed by atoms with van der Waals surface area (Å²) in [5.74, 6) is -0.518. The van der Waals surface area contributed by atoms with Gasteiger partial charge in [-0.2, -0.15) is 10.4 Å². The van der Waals surface area contributed by atoms with Gasteiger partial charge in [-0.3, -0.25) is 5.10 Å². The predicted octanol–water partition coefficient (Wildman–Crippen LogP) is 0.481. The van der Waals surface area contributed by atoms with Crippen molar-refractivity contribution in [1.82, 2.24) is 14.9 Å². The Morgan fingerprint density at radius 3 is 2.85 bits per heavy atom. The molecule has 0 fully saturated rings. The molecule has 0 amide bonds. The SMILES string of the molecule is N#Cc1cc(S(=O)(=O)NCc2cn[nH]c2N)ccc1F. The smallest absolute Gasteiger partial charge is 0.240 e. The molecule has 4 N–H and O–H groups in total. The van der Waals surface area contributed by atoms with E-state index in [-0.39, 0.29) is 22.8 Å². The number of sulfonamides is 1. The van der Waals surface area contributed by atoms with Crippen LogP contribution in [0.15, 0.2) is 29.3 Å². The third-order valence-corrected chi connectivity index (χ3v) is 3.97. The maximum Gasteiger partial charge on any atom is 0.240 e. The van der Waals surface area contributed by atoms with E-state index in [1.807, 2.05) is 0 Å². The molecule has 0 saturated heterocycles. The lowest BCUT2D eigenvalue weighted by molar-refractivity contribution is 0.580. The summed E-state index contributed by atoms with van der Waals surface area (Å²) >= 11 is 0. The van der Waals surface area contributed by atoms with Crippen LogP contribution in [0.4, 0.5) is 10.2 Å². The largest absolute Gasteiger partial charge is 0.384 e. The highest BCUT2D eigenvalue weighted by molar-refractivity contribution is 7.89. The van der Waals surface area contributed by atoms with Gasteiger partial charge in [0.25, 0.3) is 0 Å². The Bertz CT molecular complexity index is 778. The van der Waals surface area contributed by atoms with Crippen LogP contribution >= 0.6 is 0 Å². The molecule has 0 aliphatic rings. The number of nitrogens with zero attached hydrogens (tertiary/aromatic N) is 2.